The maximum Gasteiger partial charge on any atom is 0.339 e. The van der Waals surface area contributed by atoms with Gasteiger partial charge in [-0.3, -0.25) is 4.79 Å². The van der Waals surface area contributed by atoms with Crippen molar-refractivity contribution in [3.8, 4) is 6.07 Å². The van der Waals surface area contributed by atoms with E-state index in [4.69, 9.17) is 10.00 Å². The predicted octanol–water partition coefficient (Wildman–Crippen LogP) is 1.88. The molecule has 1 fully saturated rings. The second-order valence-electron chi connectivity index (χ2n) is 4.79. The lowest BCUT2D eigenvalue weighted by Gasteiger charge is -2.15. The highest BCUT2D eigenvalue weighted by Crippen LogP contribution is 2.15. The Morgan fingerprint density at radius 2 is 2.15 bits per heavy atom. The van der Waals surface area contributed by atoms with E-state index in [0.717, 1.165) is 18.5 Å². The summed E-state index contributed by atoms with van der Waals surface area (Å²) in [6.07, 6.45) is 0.774. The minimum atomic E-state index is -0.760. The molecule has 1 aliphatic rings. The highest BCUT2D eigenvalue weighted by Gasteiger charge is 2.20. The molecule has 0 unspecified atom stereocenters. The highest BCUT2D eigenvalue weighted by atomic mass is 16.5. The minimum Gasteiger partial charge on any atom is -0.444 e. The van der Waals surface area contributed by atoms with Crippen molar-refractivity contribution < 1.29 is 14.3 Å². The van der Waals surface area contributed by atoms with Gasteiger partial charge in [0.2, 0.25) is 5.91 Å². The van der Waals surface area contributed by atoms with Crippen LogP contribution < -0.4 is 0 Å². The van der Waals surface area contributed by atoms with E-state index in [9.17, 15) is 9.59 Å². The molecule has 5 heteroatoms. The second kappa shape index (κ2) is 6.20. The molecule has 0 saturated carbocycles. The molecule has 1 atom stereocenters. The van der Waals surface area contributed by atoms with Crippen LogP contribution in [0.1, 0.15) is 35.7 Å². The number of nitrogens with zero attached hydrogens (tertiary/aromatic N) is 2. The van der Waals surface area contributed by atoms with Crippen LogP contribution in [0.15, 0.2) is 24.3 Å². The number of benzene rings is 1. The lowest BCUT2D eigenvalue weighted by molar-refractivity contribution is -0.128. The maximum absolute atomic E-state index is 11.7. The third kappa shape index (κ3) is 3.35. The molecule has 0 aromatic heterocycles. The molecule has 0 N–H and O–H groups in total. The normalized spacial score (nSPS) is 15.8. The van der Waals surface area contributed by atoms with Crippen molar-refractivity contribution in [2.45, 2.75) is 32.4 Å². The molecular weight excluding hydrogens is 256 g/mol. The number of nitriles is 1. The number of hydrogen-bond donors (Lipinski definition) is 0. The molecule has 20 heavy (non-hydrogen) atoms. The van der Waals surface area contributed by atoms with E-state index in [1.165, 1.54) is 6.92 Å². The van der Waals surface area contributed by atoms with Crippen LogP contribution in [0.5, 0.6) is 0 Å². The van der Waals surface area contributed by atoms with Crippen molar-refractivity contribution in [3.63, 3.8) is 0 Å². The van der Waals surface area contributed by atoms with Crippen molar-refractivity contribution >= 4 is 11.9 Å². The van der Waals surface area contributed by atoms with E-state index in [2.05, 4.69) is 0 Å². The predicted molar refractivity (Wildman–Crippen MR) is 71.6 cm³/mol. The van der Waals surface area contributed by atoms with E-state index in [-0.39, 0.29) is 5.91 Å². The fourth-order valence-electron chi connectivity index (χ4n) is 2.09. The fraction of sp³-hybridized carbons (Fsp3) is 0.400. The fourth-order valence-corrected chi connectivity index (χ4v) is 2.09. The molecule has 1 aliphatic heterocycles. The second-order valence-corrected chi connectivity index (χ2v) is 4.79. The van der Waals surface area contributed by atoms with E-state index < -0.39 is 12.1 Å². The Balaban J connectivity index is 1.97. The summed E-state index contributed by atoms with van der Waals surface area (Å²) >= 11 is 0. The third-order valence-electron chi connectivity index (χ3n) is 3.20. The molecule has 104 valence electrons. The first kappa shape index (κ1) is 14.1. The number of carbonyl (C=O) groups excluding carboxylic acids is 2. The summed E-state index contributed by atoms with van der Waals surface area (Å²) in [5.74, 6) is -0.334. The van der Waals surface area contributed by atoms with Gasteiger partial charge < -0.3 is 9.64 Å². The zero-order valence-corrected chi connectivity index (χ0v) is 11.3. The van der Waals surface area contributed by atoms with Crippen molar-refractivity contribution in [2.24, 2.45) is 0 Å². The lowest BCUT2D eigenvalue weighted by atomic mass is 10.1. The molecule has 1 amide bonds. The van der Waals surface area contributed by atoms with Crippen molar-refractivity contribution in [2.75, 3.05) is 6.54 Å². The number of hydrogen-bond acceptors (Lipinski definition) is 4. The van der Waals surface area contributed by atoms with E-state index in [1.807, 2.05) is 11.0 Å². The van der Waals surface area contributed by atoms with Gasteiger partial charge in [0.15, 0.2) is 6.10 Å². The van der Waals surface area contributed by atoms with Crippen LogP contribution in [0, 0.1) is 11.3 Å². The van der Waals surface area contributed by atoms with E-state index >= 15 is 0 Å². The molecule has 0 bridgehead atoms. The molecule has 0 radical (unpaired) electrons. The van der Waals surface area contributed by atoms with Crippen LogP contribution in [0.4, 0.5) is 0 Å². The quantitative estimate of drug-likeness (QED) is 0.785. The Bertz CT molecular complexity index is 545. The summed E-state index contributed by atoms with van der Waals surface area (Å²) in [5, 5.41) is 8.59. The molecule has 1 heterocycles. The van der Waals surface area contributed by atoms with Crippen LogP contribution in [0.2, 0.25) is 0 Å². The molecule has 5 nitrogen and oxygen atoms in total. The summed E-state index contributed by atoms with van der Waals surface area (Å²) < 4.78 is 4.91. The van der Waals surface area contributed by atoms with Crippen LogP contribution in [-0.4, -0.2) is 29.4 Å². The molecular formula is C15H16N2O3. The van der Waals surface area contributed by atoms with E-state index in [1.54, 1.807) is 24.3 Å². The zero-order chi connectivity index (χ0) is 14.5. The van der Waals surface area contributed by atoms with Gasteiger partial charge in [0.25, 0.3) is 0 Å². The summed E-state index contributed by atoms with van der Waals surface area (Å²) in [6, 6.07) is 8.76. The van der Waals surface area contributed by atoms with Gasteiger partial charge in [-0.05, 0) is 31.0 Å². The van der Waals surface area contributed by atoms with Crippen molar-refractivity contribution in [3.05, 3.63) is 35.4 Å². The Kier molecular flexibility index (Phi) is 4.36. The first-order chi connectivity index (χ1) is 9.60. The average Bonchev–Trinajstić information content (AvgIpc) is 2.85. The summed E-state index contributed by atoms with van der Waals surface area (Å²) in [4.78, 5) is 25.0. The molecule has 1 aromatic rings. The highest BCUT2D eigenvalue weighted by molar-refractivity contribution is 5.89. The zero-order valence-electron chi connectivity index (χ0n) is 11.3. The van der Waals surface area contributed by atoms with Gasteiger partial charge in [0, 0.05) is 19.5 Å². The average molecular weight is 272 g/mol. The van der Waals surface area contributed by atoms with Crippen molar-refractivity contribution in [1.82, 2.24) is 4.90 Å². The summed E-state index contributed by atoms with van der Waals surface area (Å²) in [7, 11) is 0. The first-order valence-corrected chi connectivity index (χ1v) is 6.57. The number of likely N-dealkylation sites (tertiary alicyclic amines) is 1. The topological polar surface area (TPSA) is 70.4 Å². The number of esters is 1. The Hall–Kier alpha value is -2.35. The van der Waals surface area contributed by atoms with Gasteiger partial charge in [-0.2, -0.15) is 5.26 Å². The standard InChI is InChI=1S/C15H16N2O3/c1-11(9-16)20-15(19)13-6-4-12(5-7-13)10-17-8-2-3-14(17)18/h4-7,11H,2-3,8,10H2,1H3/t11-/m0/s1. The molecule has 0 aliphatic carbocycles. The van der Waals surface area contributed by atoms with Crippen molar-refractivity contribution in [1.29, 1.82) is 5.26 Å². The van der Waals surface area contributed by atoms with Gasteiger partial charge in [0.1, 0.15) is 6.07 Å². The van der Waals surface area contributed by atoms with Gasteiger partial charge in [-0.1, -0.05) is 12.1 Å². The largest absolute Gasteiger partial charge is 0.444 e. The Labute approximate surface area is 117 Å². The van der Waals surface area contributed by atoms with Gasteiger partial charge in [0.05, 0.1) is 5.56 Å². The van der Waals surface area contributed by atoms with Crippen LogP contribution in [0.25, 0.3) is 0 Å². The maximum atomic E-state index is 11.7. The van der Waals surface area contributed by atoms with Gasteiger partial charge in [-0.15, -0.1) is 0 Å². The Morgan fingerprint density at radius 3 is 2.70 bits per heavy atom. The minimum absolute atomic E-state index is 0.177. The van der Waals surface area contributed by atoms with Crippen LogP contribution >= 0.6 is 0 Å². The third-order valence-corrected chi connectivity index (χ3v) is 3.20. The number of carbonyl (C=O) groups is 2. The van der Waals surface area contributed by atoms with Gasteiger partial charge >= 0.3 is 5.97 Å². The Morgan fingerprint density at radius 1 is 1.45 bits per heavy atom. The monoisotopic (exact) mass is 272 g/mol. The number of amides is 1. The molecule has 1 aromatic carbocycles. The number of rotatable bonds is 4. The smallest absolute Gasteiger partial charge is 0.339 e. The SMILES string of the molecule is C[C@@H](C#N)OC(=O)c1ccc(CN2CCCC2=O)cc1. The van der Waals surface area contributed by atoms with Crippen LogP contribution in [-0.2, 0) is 16.1 Å². The van der Waals surface area contributed by atoms with Crippen LogP contribution in [0.3, 0.4) is 0 Å². The van der Waals surface area contributed by atoms with Gasteiger partial charge in [-0.25, -0.2) is 4.79 Å². The number of ether oxygens (including phenoxy) is 1. The summed E-state index contributed by atoms with van der Waals surface area (Å²) in [5.41, 5.74) is 1.38. The first-order valence-electron chi connectivity index (χ1n) is 6.57. The molecule has 1 saturated heterocycles. The molecule has 0 spiro atoms. The molecule has 2 rings (SSSR count). The lowest BCUT2D eigenvalue weighted by Crippen LogP contribution is -2.23. The summed E-state index contributed by atoms with van der Waals surface area (Å²) in [6.45, 7) is 2.89. The van der Waals surface area contributed by atoms with E-state index in [0.29, 0.717) is 18.5 Å².